The van der Waals surface area contributed by atoms with E-state index < -0.39 is 6.04 Å². The van der Waals surface area contributed by atoms with Crippen molar-refractivity contribution in [1.29, 1.82) is 0 Å². The first-order valence-electron chi connectivity index (χ1n) is 3.45. The van der Waals surface area contributed by atoms with Gasteiger partial charge in [0.15, 0.2) is 0 Å². The Labute approximate surface area is 74.0 Å². The summed E-state index contributed by atoms with van der Waals surface area (Å²) in [4.78, 5) is 11.1. The van der Waals surface area contributed by atoms with Gasteiger partial charge >= 0.3 is 0 Å². The van der Waals surface area contributed by atoms with Gasteiger partial charge in [-0.15, -0.1) is 11.3 Å². The maximum atomic E-state index is 11.1. The maximum Gasteiger partial charge on any atom is 0.244 e. The van der Waals surface area contributed by atoms with Gasteiger partial charge in [-0.1, -0.05) is 0 Å². The first kappa shape index (κ1) is 9.18. The zero-order valence-corrected chi connectivity index (χ0v) is 7.17. The van der Waals surface area contributed by atoms with Gasteiger partial charge in [-0.05, 0) is 17.5 Å². The number of amides is 1. The molecule has 1 aromatic rings. The number of anilines is 1. The molecule has 5 heteroatoms. The van der Waals surface area contributed by atoms with Crippen LogP contribution in [0.5, 0.6) is 0 Å². The Bertz CT molecular complexity index is 248. The number of hydrogen-bond donors (Lipinski definition) is 3. The van der Waals surface area contributed by atoms with E-state index in [1.807, 2.05) is 11.4 Å². The van der Waals surface area contributed by atoms with E-state index in [2.05, 4.69) is 5.32 Å². The fourth-order valence-corrected chi connectivity index (χ4v) is 1.27. The van der Waals surface area contributed by atoms with Crippen molar-refractivity contribution in [3.63, 3.8) is 0 Å². The van der Waals surface area contributed by atoms with Gasteiger partial charge in [0, 0.05) is 0 Å². The molecule has 0 fully saturated rings. The second-order valence-corrected chi connectivity index (χ2v) is 3.20. The summed E-state index contributed by atoms with van der Waals surface area (Å²) < 4.78 is 0. The lowest BCUT2D eigenvalue weighted by atomic mass is 10.3. The Balaban J connectivity index is 2.47. The third-order valence-corrected chi connectivity index (χ3v) is 2.09. The van der Waals surface area contributed by atoms with Gasteiger partial charge < -0.3 is 16.2 Å². The van der Waals surface area contributed by atoms with E-state index >= 15 is 0 Å². The van der Waals surface area contributed by atoms with Gasteiger partial charge in [0.25, 0.3) is 0 Å². The van der Waals surface area contributed by atoms with E-state index in [1.165, 1.54) is 11.3 Å². The van der Waals surface area contributed by atoms with E-state index in [1.54, 1.807) is 6.07 Å². The van der Waals surface area contributed by atoms with Gasteiger partial charge in [-0.3, -0.25) is 4.79 Å². The van der Waals surface area contributed by atoms with Gasteiger partial charge in [-0.2, -0.15) is 0 Å². The van der Waals surface area contributed by atoms with Crippen molar-refractivity contribution >= 4 is 22.2 Å². The standard InChI is InChI=1S/C7H10N2O2S/c8-5(4-10)7(11)9-6-2-1-3-12-6/h1-3,5,10H,4,8H2,(H,9,11). The first-order chi connectivity index (χ1) is 5.74. The molecule has 0 aliphatic carbocycles. The molecule has 0 aliphatic heterocycles. The number of aliphatic hydroxyl groups excluding tert-OH is 1. The highest BCUT2D eigenvalue weighted by atomic mass is 32.1. The summed E-state index contributed by atoms with van der Waals surface area (Å²) in [6.07, 6.45) is 0. The largest absolute Gasteiger partial charge is 0.394 e. The molecule has 1 aromatic heterocycles. The second kappa shape index (κ2) is 4.20. The van der Waals surface area contributed by atoms with Crippen LogP contribution in [0, 0.1) is 0 Å². The van der Waals surface area contributed by atoms with Crippen molar-refractivity contribution in [1.82, 2.24) is 0 Å². The summed E-state index contributed by atoms with van der Waals surface area (Å²) >= 11 is 1.41. The smallest absolute Gasteiger partial charge is 0.244 e. The Morgan fingerprint density at radius 1 is 1.83 bits per heavy atom. The summed E-state index contributed by atoms with van der Waals surface area (Å²) in [6, 6.07) is 2.75. The van der Waals surface area contributed by atoms with Crippen LogP contribution in [0.1, 0.15) is 0 Å². The number of carbonyl (C=O) groups is 1. The summed E-state index contributed by atoms with van der Waals surface area (Å²) in [7, 11) is 0. The predicted octanol–water partition coefficient (Wildman–Crippen LogP) is 0.00620. The van der Waals surface area contributed by atoms with Crippen molar-refractivity contribution in [3.8, 4) is 0 Å². The normalized spacial score (nSPS) is 12.5. The Kier molecular flexibility index (Phi) is 3.21. The molecule has 1 amide bonds. The highest BCUT2D eigenvalue weighted by molar-refractivity contribution is 7.14. The van der Waals surface area contributed by atoms with Crippen LogP contribution in [0.25, 0.3) is 0 Å². The minimum atomic E-state index is -0.841. The lowest BCUT2D eigenvalue weighted by Gasteiger charge is -2.06. The molecular formula is C7H10N2O2S. The van der Waals surface area contributed by atoms with Crippen LogP contribution in [-0.2, 0) is 4.79 Å². The average Bonchev–Trinajstić information content (AvgIpc) is 2.55. The number of nitrogens with two attached hydrogens (primary N) is 1. The molecule has 1 rings (SSSR count). The third-order valence-electron chi connectivity index (χ3n) is 1.30. The van der Waals surface area contributed by atoms with Crippen LogP contribution in [0.3, 0.4) is 0 Å². The van der Waals surface area contributed by atoms with Crippen molar-refractivity contribution in [2.24, 2.45) is 5.73 Å². The van der Waals surface area contributed by atoms with Gasteiger partial charge in [-0.25, -0.2) is 0 Å². The number of hydrogen-bond acceptors (Lipinski definition) is 4. The Morgan fingerprint density at radius 2 is 2.58 bits per heavy atom. The molecule has 0 spiro atoms. The van der Waals surface area contributed by atoms with Gasteiger partial charge in [0.1, 0.15) is 6.04 Å². The highest BCUT2D eigenvalue weighted by Crippen LogP contribution is 2.14. The summed E-state index contributed by atoms with van der Waals surface area (Å²) in [5.74, 6) is -0.361. The van der Waals surface area contributed by atoms with Gasteiger partial charge in [0.2, 0.25) is 5.91 Å². The SMILES string of the molecule is NC(CO)C(=O)Nc1cccs1. The van der Waals surface area contributed by atoms with Crippen molar-refractivity contribution in [3.05, 3.63) is 17.5 Å². The molecule has 0 aliphatic rings. The van der Waals surface area contributed by atoms with Crippen molar-refractivity contribution in [2.45, 2.75) is 6.04 Å². The second-order valence-electron chi connectivity index (χ2n) is 2.26. The molecule has 0 bridgehead atoms. The first-order valence-corrected chi connectivity index (χ1v) is 4.33. The number of carbonyl (C=O) groups excluding carboxylic acids is 1. The summed E-state index contributed by atoms with van der Waals surface area (Å²) in [6.45, 7) is -0.336. The van der Waals surface area contributed by atoms with Crippen LogP contribution < -0.4 is 11.1 Å². The molecule has 66 valence electrons. The fraction of sp³-hybridized carbons (Fsp3) is 0.286. The number of rotatable bonds is 3. The molecule has 1 unspecified atom stereocenters. The Morgan fingerprint density at radius 3 is 3.08 bits per heavy atom. The van der Waals surface area contributed by atoms with E-state index in [4.69, 9.17) is 10.8 Å². The number of thiophene rings is 1. The van der Waals surface area contributed by atoms with Crippen LogP contribution in [0.15, 0.2) is 17.5 Å². The predicted molar refractivity (Wildman–Crippen MR) is 48.0 cm³/mol. The number of aliphatic hydroxyl groups is 1. The van der Waals surface area contributed by atoms with Crippen LogP contribution in [0.2, 0.25) is 0 Å². The quantitative estimate of drug-likeness (QED) is 0.622. The third kappa shape index (κ3) is 2.30. The molecule has 0 saturated heterocycles. The molecule has 0 saturated carbocycles. The van der Waals surface area contributed by atoms with Crippen molar-refractivity contribution in [2.75, 3.05) is 11.9 Å². The molecule has 0 aromatic carbocycles. The fourth-order valence-electron chi connectivity index (χ4n) is 0.647. The summed E-state index contributed by atoms with van der Waals surface area (Å²) in [5.41, 5.74) is 5.28. The minimum Gasteiger partial charge on any atom is -0.394 e. The maximum absolute atomic E-state index is 11.1. The lowest BCUT2D eigenvalue weighted by molar-refractivity contribution is -0.118. The van der Waals surface area contributed by atoms with Gasteiger partial charge in [0.05, 0.1) is 11.6 Å². The van der Waals surface area contributed by atoms with Crippen LogP contribution in [-0.4, -0.2) is 23.7 Å². The topological polar surface area (TPSA) is 75.3 Å². The van der Waals surface area contributed by atoms with E-state index in [0.717, 1.165) is 5.00 Å². The zero-order chi connectivity index (χ0) is 8.97. The lowest BCUT2D eigenvalue weighted by Crippen LogP contribution is -2.38. The average molecular weight is 186 g/mol. The number of nitrogens with one attached hydrogen (secondary N) is 1. The monoisotopic (exact) mass is 186 g/mol. The molecule has 4 nitrogen and oxygen atoms in total. The van der Waals surface area contributed by atoms with E-state index in [0.29, 0.717) is 0 Å². The molecule has 1 atom stereocenters. The summed E-state index contributed by atoms with van der Waals surface area (Å²) in [5, 5.41) is 13.7. The van der Waals surface area contributed by atoms with Crippen LogP contribution >= 0.6 is 11.3 Å². The van der Waals surface area contributed by atoms with Crippen LogP contribution in [0.4, 0.5) is 5.00 Å². The molecule has 1 heterocycles. The molecular weight excluding hydrogens is 176 g/mol. The van der Waals surface area contributed by atoms with E-state index in [-0.39, 0.29) is 12.5 Å². The van der Waals surface area contributed by atoms with E-state index in [9.17, 15) is 4.79 Å². The van der Waals surface area contributed by atoms with Crippen molar-refractivity contribution < 1.29 is 9.90 Å². The molecule has 4 N–H and O–H groups in total. The molecule has 0 radical (unpaired) electrons. The Hall–Kier alpha value is -0.910. The zero-order valence-electron chi connectivity index (χ0n) is 6.36. The minimum absolute atomic E-state index is 0.336. The highest BCUT2D eigenvalue weighted by Gasteiger charge is 2.11. The molecule has 12 heavy (non-hydrogen) atoms.